The Balaban J connectivity index is 1.69. The molecule has 3 N–H and O–H groups in total. The third-order valence-electron chi connectivity index (χ3n) is 5.46. The first-order valence-corrected chi connectivity index (χ1v) is 9.54. The highest BCUT2D eigenvalue weighted by Gasteiger charge is 2.32. The first-order valence-electron chi connectivity index (χ1n) is 9.54. The highest BCUT2D eigenvalue weighted by atomic mass is 16.5. The lowest BCUT2D eigenvalue weighted by atomic mass is 9.76. The molecule has 0 unspecified atom stereocenters. The zero-order valence-corrected chi connectivity index (χ0v) is 16.1. The van der Waals surface area contributed by atoms with Crippen LogP contribution < -0.4 is 10.9 Å². The minimum atomic E-state index is -0.523. The smallest absolute Gasteiger partial charge is 0.262 e. The van der Waals surface area contributed by atoms with Gasteiger partial charge in [-0.25, -0.2) is 10.0 Å². The second-order valence-electron chi connectivity index (χ2n) is 7.55. The number of carbonyl (C=O) groups excluding carboxylic acids is 2. The molecule has 1 fully saturated rings. The van der Waals surface area contributed by atoms with Gasteiger partial charge in [-0.05, 0) is 43.2 Å². The van der Waals surface area contributed by atoms with E-state index in [1.54, 1.807) is 0 Å². The maximum Gasteiger partial charge on any atom is 0.262 e. The number of nitrogens with zero attached hydrogens (tertiary/aromatic N) is 4. The van der Waals surface area contributed by atoms with Gasteiger partial charge >= 0.3 is 0 Å². The van der Waals surface area contributed by atoms with Crippen molar-refractivity contribution in [1.29, 1.82) is 0 Å². The Bertz CT molecular complexity index is 838. The number of nitrogens with one attached hydrogen (secondary N) is 2. The Kier molecular flexibility index (Phi) is 6.35. The molecule has 2 amide bonds. The Labute approximate surface area is 163 Å². The number of hydrazine groups is 1. The third kappa shape index (κ3) is 4.72. The fourth-order valence-electron chi connectivity index (χ4n) is 3.74. The average Bonchev–Trinajstić information content (AvgIpc) is 2.71. The first-order chi connectivity index (χ1) is 13.5. The van der Waals surface area contributed by atoms with E-state index in [4.69, 9.17) is 0 Å². The summed E-state index contributed by atoms with van der Waals surface area (Å²) in [6, 6.07) is 5.63. The van der Waals surface area contributed by atoms with E-state index < -0.39 is 5.92 Å². The van der Waals surface area contributed by atoms with Gasteiger partial charge in [0.25, 0.3) is 5.95 Å². The molecule has 28 heavy (non-hydrogen) atoms. The molecule has 0 saturated heterocycles. The summed E-state index contributed by atoms with van der Waals surface area (Å²) < 4.78 is 0. The molecule has 1 aliphatic carbocycles. The Hall–Kier alpha value is -2.81. The summed E-state index contributed by atoms with van der Waals surface area (Å²) in [5.74, 6) is 0.0851. The van der Waals surface area contributed by atoms with Crippen molar-refractivity contribution >= 4 is 29.3 Å². The number of anilines is 1. The van der Waals surface area contributed by atoms with Crippen LogP contribution in [0.25, 0.3) is 11.0 Å². The lowest BCUT2D eigenvalue weighted by molar-refractivity contribution is -0.156. The Morgan fingerprint density at radius 1 is 1.32 bits per heavy atom. The number of hydroxylamine groups is 2. The minimum absolute atomic E-state index is 0.0496. The molecule has 1 atom stereocenters. The Morgan fingerprint density at radius 3 is 2.79 bits per heavy atom. The standard InChI is InChI=1S/C19H26N6O3/c1-12-6-8-14(9-7-12)15(10-25(28)11-26)18(27)22-24-19-20-17-13(2)4-3-5-16(17)21-23-19/h3-5,11-12,14-15,28H,6-10H2,1-2H3,(H,22,27)(H,20,23,24)/t12?,14?,15-/m0/s1. The van der Waals surface area contributed by atoms with Gasteiger partial charge in [-0.2, -0.15) is 0 Å². The van der Waals surface area contributed by atoms with E-state index >= 15 is 0 Å². The molecule has 1 saturated carbocycles. The van der Waals surface area contributed by atoms with Gasteiger partial charge in [-0.3, -0.25) is 25.6 Å². The largest absolute Gasteiger partial charge is 0.286 e. The van der Waals surface area contributed by atoms with E-state index in [1.807, 2.05) is 25.1 Å². The molecular weight excluding hydrogens is 360 g/mol. The number of fused-ring (bicyclic) bond motifs is 1. The molecule has 150 valence electrons. The van der Waals surface area contributed by atoms with Crippen LogP contribution in [0.1, 0.15) is 38.2 Å². The fourth-order valence-corrected chi connectivity index (χ4v) is 3.74. The lowest BCUT2D eigenvalue weighted by Gasteiger charge is -2.32. The minimum Gasteiger partial charge on any atom is -0.286 e. The maximum absolute atomic E-state index is 12.8. The topological polar surface area (TPSA) is 120 Å². The predicted octanol–water partition coefficient (Wildman–Crippen LogP) is 2.07. The van der Waals surface area contributed by atoms with E-state index in [1.165, 1.54) is 0 Å². The van der Waals surface area contributed by atoms with Crippen molar-refractivity contribution in [3.8, 4) is 0 Å². The number of benzene rings is 1. The zero-order valence-electron chi connectivity index (χ0n) is 16.1. The second-order valence-corrected chi connectivity index (χ2v) is 7.55. The Morgan fingerprint density at radius 2 is 2.07 bits per heavy atom. The number of hydrogen-bond donors (Lipinski definition) is 3. The predicted molar refractivity (Wildman–Crippen MR) is 103 cm³/mol. The molecule has 9 nitrogen and oxygen atoms in total. The van der Waals surface area contributed by atoms with Crippen LogP contribution >= 0.6 is 0 Å². The van der Waals surface area contributed by atoms with E-state index in [9.17, 15) is 14.8 Å². The summed E-state index contributed by atoms with van der Waals surface area (Å²) in [4.78, 5) is 28.0. The van der Waals surface area contributed by atoms with Crippen LogP contribution in [0, 0.1) is 24.7 Å². The molecular formula is C19H26N6O3. The van der Waals surface area contributed by atoms with Crippen LogP contribution in [0.15, 0.2) is 18.2 Å². The number of carbonyl (C=O) groups is 2. The number of amides is 2. The van der Waals surface area contributed by atoms with Crippen LogP contribution in [0.2, 0.25) is 0 Å². The highest BCUT2D eigenvalue weighted by molar-refractivity contribution is 5.81. The van der Waals surface area contributed by atoms with Gasteiger partial charge in [0.1, 0.15) is 5.52 Å². The van der Waals surface area contributed by atoms with E-state index in [0.29, 0.717) is 28.4 Å². The SMILES string of the molecule is Cc1cccc2nnc(NNC(=O)[C@@H](CN(O)C=O)C3CCC(C)CC3)nc12. The van der Waals surface area contributed by atoms with Crippen molar-refractivity contribution in [2.24, 2.45) is 17.8 Å². The molecule has 9 heteroatoms. The molecule has 0 radical (unpaired) electrons. The van der Waals surface area contributed by atoms with Crippen molar-refractivity contribution in [1.82, 2.24) is 25.7 Å². The average molecular weight is 386 g/mol. The number of rotatable bonds is 7. The van der Waals surface area contributed by atoms with E-state index in [0.717, 1.165) is 31.2 Å². The highest BCUT2D eigenvalue weighted by Crippen LogP contribution is 2.33. The number of aromatic nitrogens is 3. The van der Waals surface area contributed by atoms with Crippen molar-refractivity contribution in [3.63, 3.8) is 0 Å². The van der Waals surface area contributed by atoms with Crippen LogP contribution in [-0.4, -0.2) is 44.3 Å². The molecule has 0 spiro atoms. The third-order valence-corrected chi connectivity index (χ3v) is 5.46. The number of hydrogen-bond acceptors (Lipinski definition) is 7. The monoisotopic (exact) mass is 386 g/mol. The van der Waals surface area contributed by atoms with Gasteiger partial charge < -0.3 is 0 Å². The van der Waals surface area contributed by atoms with Gasteiger partial charge in [0.15, 0.2) is 0 Å². The van der Waals surface area contributed by atoms with Crippen LogP contribution in [0.5, 0.6) is 0 Å². The first kappa shape index (κ1) is 19.9. The molecule has 1 aromatic heterocycles. The van der Waals surface area contributed by atoms with Crippen molar-refractivity contribution in [3.05, 3.63) is 23.8 Å². The van der Waals surface area contributed by atoms with Gasteiger partial charge in [0.2, 0.25) is 12.3 Å². The summed E-state index contributed by atoms with van der Waals surface area (Å²) in [6.07, 6.45) is 4.16. The van der Waals surface area contributed by atoms with Crippen LogP contribution in [0.3, 0.4) is 0 Å². The van der Waals surface area contributed by atoms with Gasteiger partial charge in [0.05, 0.1) is 18.0 Å². The molecule has 0 aliphatic heterocycles. The van der Waals surface area contributed by atoms with Crippen molar-refractivity contribution < 1.29 is 14.8 Å². The number of aryl methyl sites for hydroxylation is 1. The van der Waals surface area contributed by atoms with Crippen molar-refractivity contribution in [2.45, 2.75) is 39.5 Å². The van der Waals surface area contributed by atoms with Crippen LogP contribution in [-0.2, 0) is 9.59 Å². The number of para-hydroxylation sites is 1. The molecule has 0 bridgehead atoms. The zero-order chi connectivity index (χ0) is 20.1. The van der Waals surface area contributed by atoms with Crippen molar-refractivity contribution in [2.75, 3.05) is 12.0 Å². The van der Waals surface area contributed by atoms with E-state index in [-0.39, 0.29) is 24.3 Å². The fraction of sp³-hybridized carbons (Fsp3) is 0.526. The van der Waals surface area contributed by atoms with Gasteiger partial charge in [0, 0.05) is 0 Å². The normalized spacial score (nSPS) is 20.4. The maximum atomic E-state index is 12.8. The quantitative estimate of drug-likeness (QED) is 0.378. The summed E-state index contributed by atoms with van der Waals surface area (Å²) in [7, 11) is 0. The van der Waals surface area contributed by atoms with Crippen LogP contribution in [0.4, 0.5) is 5.95 Å². The lowest BCUT2D eigenvalue weighted by Crippen LogP contribution is -2.44. The summed E-state index contributed by atoms with van der Waals surface area (Å²) in [5.41, 5.74) is 7.66. The summed E-state index contributed by atoms with van der Waals surface area (Å²) in [6.45, 7) is 4.07. The van der Waals surface area contributed by atoms with Gasteiger partial charge in [-0.1, -0.05) is 31.9 Å². The molecule has 1 aliphatic rings. The second kappa shape index (κ2) is 8.92. The molecule has 1 heterocycles. The summed E-state index contributed by atoms with van der Waals surface area (Å²) >= 11 is 0. The summed E-state index contributed by atoms with van der Waals surface area (Å²) in [5, 5.41) is 18.2. The molecule has 3 rings (SSSR count). The molecule has 2 aromatic rings. The molecule has 1 aromatic carbocycles. The van der Waals surface area contributed by atoms with Gasteiger partial charge in [-0.15, -0.1) is 10.2 Å². The van der Waals surface area contributed by atoms with E-state index in [2.05, 4.69) is 33.0 Å².